The third-order valence-corrected chi connectivity index (χ3v) is 5.43. The van der Waals surface area contributed by atoms with E-state index < -0.39 is 42.5 Å². The highest BCUT2D eigenvalue weighted by Crippen LogP contribution is 2.19. The van der Waals surface area contributed by atoms with Gasteiger partial charge in [0.1, 0.15) is 18.6 Å². The molecule has 3 atom stereocenters. The average Bonchev–Trinajstić information content (AvgIpc) is 3.18. The van der Waals surface area contributed by atoms with E-state index >= 15 is 0 Å². The van der Waals surface area contributed by atoms with E-state index in [1.807, 2.05) is 6.26 Å². The van der Waals surface area contributed by atoms with Crippen LogP contribution in [0.1, 0.15) is 38.5 Å². The molecule has 0 saturated carbocycles. The van der Waals surface area contributed by atoms with Crippen LogP contribution in [0.15, 0.2) is 0 Å². The van der Waals surface area contributed by atoms with Crippen LogP contribution >= 0.6 is 11.8 Å². The van der Waals surface area contributed by atoms with Gasteiger partial charge in [0.2, 0.25) is 17.7 Å². The van der Waals surface area contributed by atoms with Crippen molar-refractivity contribution in [3.8, 4) is 0 Å². The van der Waals surface area contributed by atoms with Gasteiger partial charge in [-0.15, -0.1) is 0 Å². The lowest BCUT2D eigenvalue weighted by atomic mass is 10.1. The van der Waals surface area contributed by atoms with Gasteiger partial charge in [0.25, 0.3) is 0 Å². The number of carboxylic acids is 1. The number of nitrogens with zero attached hydrogens (tertiary/aromatic N) is 1. The van der Waals surface area contributed by atoms with Crippen molar-refractivity contribution in [2.75, 3.05) is 31.6 Å². The van der Waals surface area contributed by atoms with Gasteiger partial charge in [-0.1, -0.05) is 6.42 Å². The van der Waals surface area contributed by atoms with E-state index in [9.17, 15) is 19.2 Å². The highest BCUT2D eigenvalue weighted by molar-refractivity contribution is 7.98. The quantitative estimate of drug-likeness (QED) is 0.228. The Morgan fingerprint density at radius 2 is 1.97 bits per heavy atom. The second-order valence-corrected chi connectivity index (χ2v) is 8.02. The monoisotopic (exact) mass is 431 g/mol. The number of amides is 3. The van der Waals surface area contributed by atoms with Crippen LogP contribution in [0.3, 0.4) is 0 Å². The fourth-order valence-electron chi connectivity index (χ4n) is 3.21. The van der Waals surface area contributed by atoms with Gasteiger partial charge in [-0.3, -0.25) is 19.2 Å². The number of nitrogens with one attached hydrogen (secondary N) is 2. The molecule has 7 N–H and O–H groups in total. The van der Waals surface area contributed by atoms with Gasteiger partial charge in [0, 0.05) is 6.54 Å². The minimum atomic E-state index is -1.16. The molecule has 0 aliphatic carbocycles. The van der Waals surface area contributed by atoms with Crippen molar-refractivity contribution in [3.05, 3.63) is 0 Å². The Kier molecular flexibility index (Phi) is 11.6. The van der Waals surface area contributed by atoms with E-state index in [-0.39, 0.29) is 5.91 Å². The predicted molar refractivity (Wildman–Crippen MR) is 111 cm³/mol. The first kappa shape index (κ1) is 25.2. The lowest BCUT2D eigenvalue weighted by molar-refractivity contribution is -0.141. The Morgan fingerprint density at radius 1 is 1.24 bits per heavy atom. The molecule has 1 heterocycles. The summed E-state index contributed by atoms with van der Waals surface area (Å²) < 4.78 is 0. The number of thioether (sulfide) groups is 1. The molecule has 0 aromatic heterocycles. The molecule has 3 unspecified atom stereocenters. The number of rotatable bonds is 13. The molecule has 0 spiro atoms. The van der Waals surface area contributed by atoms with E-state index in [0.29, 0.717) is 44.5 Å². The Morgan fingerprint density at radius 3 is 2.59 bits per heavy atom. The van der Waals surface area contributed by atoms with Crippen LogP contribution in [0.2, 0.25) is 0 Å². The van der Waals surface area contributed by atoms with Crippen LogP contribution in [-0.2, 0) is 19.2 Å². The summed E-state index contributed by atoms with van der Waals surface area (Å²) in [4.78, 5) is 49.9. The molecule has 1 fully saturated rings. The van der Waals surface area contributed by atoms with E-state index in [1.54, 1.807) is 0 Å². The number of unbranched alkanes of at least 4 members (excludes halogenated alkanes) is 1. The van der Waals surface area contributed by atoms with Gasteiger partial charge in [-0.25, -0.2) is 0 Å². The molecule has 29 heavy (non-hydrogen) atoms. The number of aliphatic carboxylic acids is 1. The molecule has 11 heteroatoms. The third kappa shape index (κ3) is 8.58. The second-order valence-electron chi connectivity index (χ2n) is 7.03. The zero-order valence-electron chi connectivity index (χ0n) is 16.9. The highest BCUT2D eigenvalue weighted by atomic mass is 32.2. The Hall–Kier alpha value is -1.85. The van der Waals surface area contributed by atoms with E-state index in [4.69, 9.17) is 16.6 Å². The summed E-state index contributed by atoms with van der Waals surface area (Å²) in [6.45, 7) is 0.468. The smallest absolute Gasteiger partial charge is 0.322 e. The number of nitrogens with two attached hydrogens (primary N) is 2. The average molecular weight is 432 g/mol. The minimum absolute atomic E-state index is 0.268. The van der Waals surface area contributed by atoms with Gasteiger partial charge >= 0.3 is 5.97 Å². The van der Waals surface area contributed by atoms with Crippen LogP contribution in [0.5, 0.6) is 0 Å². The number of carbonyl (C=O) groups excluding carboxylic acids is 3. The van der Waals surface area contributed by atoms with Gasteiger partial charge in [-0.2, -0.15) is 11.8 Å². The molecule has 0 aromatic carbocycles. The normalized spacial score (nSPS) is 18.2. The van der Waals surface area contributed by atoms with E-state index in [2.05, 4.69) is 10.6 Å². The molecule has 1 aliphatic heterocycles. The molecule has 0 radical (unpaired) electrons. The largest absolute Gasteiger partial charge is 0.480 e. The molecule has 10 nitrogen and oxygen atoms in total. The summed E-state index contributed by atoms with van der Waals surface area (Å²) in [5.41, 5.74) is 11.5. The zero-order chi connectivity index (χ0) is 21.8. The minimum Gasteiger partial charge on any atom is -0.480 e. The molecular formula is C18H33N5O5S. The second kappa shape index (κ2) is 13.4. The number of carboxylic acid groups (broad SMARTS) is 1. The van der Waals surface area contributed by atoms with Crippen molar-refractivity contribution in [3.63, 3.8) is 0 Å². The molecular weight excluding hydrogens is 398 g/mol. The van der Waals surface area contributed by atoms with Crippen LogP contribution < -0.4 is 22.1 Å². The van der Waals surface area contributed by atoms with Crippen molar-refractivity contribution in [1.82, 2.24) is 15.5 Å². The van der Waals surface area contributed by atoms with Gasteiger partial charge in [0.15, 0.2) is 0 Å². The highest BCUT2D eigenvalue weighted by Gasteiger charge is 2.37. The maximum atomic E-state index is 12.8. The van der Waals surface area contributed by atoms with Crippen molar-refractivity contribution in [1.29, 1.82) is 0 Å². The number of likely N-dealkylation sites (tertiary alicyclic amines) is 1. The molecule has 0 bridgehead atoms. The standard InChI is InChI=1S/C18H33N5O5S/c1-29-10-7-13(16(26)21-11-15(24)25)22-17(27)14-6-4-9-23(14)18(28)12(20)5-2-3-8-19/h12-14H,2-11,19-20H2,1H3,(H,21,26)(H,22,27)(H,24,25). The first-order valence-electron chi connectivity index (χ1n) is 9.86. The summed E-state index contributed by atoms with van der Waals surface area (Å²) in [6.07, 6.45) is 5.45. The fraction of sp³-hybridized carbons (Fsp3) is 0.778. The van der Waals surface area contributed by atoms with E-state index in [1.165, 1.54) is 16.7 Å². The van der Waals surface area contributed by atoms with Crippen LogP contribution in [-0.4, -0.2) is 83.5 Å². The summed E-state index contributed by atoms with van der Waals surface area (Å²) >= 11 is 1.51. The van der Waals surface area contributed by atoms with Crippen molar-refractivity contribution >= 4 is 35.5 Å². The van der Waals surface area contributed by atoms with Crippen LogP contribution in [0.4, 0.5) is 0 Å². The van der Waals surface area contributed by atoms with Crippen LogP contribution in [0, 0.1) is 0 Å². The molecule has 0 aromatic rings. The topological polar surface area (TPSA) is 168 Å². The summed E-state index contributed by atoms with van der Waals surface area (Å²) in [6, 6.07) is -2.21. The predicted octanol–water partition coefficient (Wildman–Crippen LogP) is -1.13. The maximum Gasteiger partial charge on any atom is 0.322 e. The molecule has 1 saturated heterocycles. The summed E-state index contributed by atoms with van der Waals surface area (Å²) in [5, 5.41) is 13.7. The maximum absolute atomic E-state index is 12.8. The SMILES string of the molecule is CSCCC(NC(=O)C1CCCN1C(=O)C(N)CCCCN)C(=O)NCC(=O)O. The molecule has 3 amide bonds. The summed E-state index contributed by atoms with van der Waals surface area (Å²) in [7, 11) is 0. The lowest BCUT2D eigenvalue weighted by Crippen LogP contribution is -2.55. The number of hydrogen-bond donors (Lipinski definition) is 5. The third-order valence-electron chi connectivity index (χ3n) is 4.78. The van der Waals surface area contributed by atoms with Crippen molar-refractivity contribution in [2.24, 2.45) is 11.5 Å². The molecule has 166 valence electrons. The molecule has 1 rings (SSSR count). The number of hydrogen-bond acceptors (Lipinski definition) is 7. The van der Waals surface area contributed by atoms with Crippen LogP contribution in [0.25, 0.3) is 0 Å². The van der Waals surface area contributed by atoms with Gasteiger partial charge in [0.05, 0.1) is 6.04 Å². The molecule has 1 aliphatic rings. The van der Waals surface area contributed by atoms with Gasteiger partial charge < -0.3 is 32.1 Å². The van der Waals surface area contributed by atoms with E-state index in [0.717, 1.165) is 12.8 Å². The Labute approximate surface area is 175 Å². The summed E-state index contributed by atoms with van der Waals surface area (Å²) in [5.74, 6) is -1.78. The van der Waals surface area contributed by atoms with Crippen molar-refractivity contribution in [2.45, 2.75) is 56.7 Å². The Balaban J connectivity index is 2.72. The van der Waals surface area contributed by atoms with Gasteiger partial charge in [-0.05, 0) is 50.7 Å². The number of carbonyl (C=O) groups is 4. The Bertz CT molecular complexity index is 577. The first-order valence-corrected chi connectivity index (χ1v) is 11.3. The first-order chi connectivity index (χ1) is 13.8. The fourth-order valence-corrected chi connectivity index (χ4v) is 3.68. The van der Waals surface area contributed by atoms with Crippen molar-refractivity contribution < 1.29 is 24.3 Å². The zero-order valence-corrected chi connectivity index (χ0v) is 17.7. The lowest BCUT2D eigenvalue weighted by Gasteiger charge is -2.28.